The molecule has 1 fully saturated rings. The lowest BCUT2D eigenvalue weighted by atomic mass is 9.84. The largest absolute Gasteiger partial charge is 0.481 e. The molecule has 0 spiro atoms. The highest BCUT2D eigenvalue weighted by Gasteiger charge is 2.27. The molecule has 0 unspecified atom stereocenters. The van der Waals surface area contributed by atoms with Crippen LogP contribution in [-0.2, 0) is 16.0 Å². The summed E-state index contributed by atoms with van der Waals surface area (Å²) in [6.07, 6.45) is 2.73. The standard InChI is InChI=1S/C16H22O3/c1-16(2,15(17)18)11-12-3-5-13(6-4-12)14-7-9-19-10-8-14/h3-6,14H,7-11H2,1-2H3,(H,17,18). The summed E-state index contributed by atoms with van der Waals surface area (Å²) in [6, 6.07) is 8.41. The number of carboxylic acid groups (broad SMARTS) is 1. The summed E-state index contributed by atoms with van der Waals surface area (Å²) in [5, 5.41) is 9.15. The number of carbonyl (C=O) groups is 1. The van der Waals surface area contributed by atoms with Gasteiger partial charge >= 0.3 is 5.97 Å². The molecule has 1 aromatic carbocycles. The quantitative estimate of drug-likeness (QED) is 0.906. The molecule has 19 heavy (non-hydrogen) atoms. The first kappa shape index (κ1) is 14.1. The Labute approximate surface area is 114 Å². The third-order valence-electron chi connectivity index (χ3n) is 3.90. The zero-order valence-corrected chi connectivity index (χ0v) is 11.7. The Morgan fingerprint density at radius 2 is 1.84 bits per heavy atom. The molecule has 0 aromatic heterocycles. The lowest BCUT2D eigenvalue weighted by molar-refractivity contribution is -0.146. The lowest BCUT2D eigenvalue weighted by Gasteiger charge is -2.23. The maximum atomic E-state index is 11.1. The first-order valence-electron chi connectivity index (χ1n) is 6.89. The average molecular weight is 262 g/mol. The number of aliphatic carboxylic acids is 1. The Morgan fingerprint density at radius 1 is 1.26 bits per heavy atom. The number of hydrogen-bond acceptors (Lipinski definition) is 2. The van der Waals surface area contributed by atoms with E-state index in [1.165, 1.54) is 5.56 Å². The Balaban J connectivity index is 2.04. The molecule has 3 nitrogen and oxygen atoms in total. The monoisotopic (exact) mass is 262 g/mol. The zero-order chi connectivity index (χ0) is 13.9. The van der Waals surface area contributed by atoms with Crippen molar-refractivity contribution in [2.24, 2.45) is 5.41 Å². The van der Waals surface area contributed by atoms with Crippen molar-refractivity contribution in [2.45, 2.75) is 39.0 Å². The zero-order valence-electron chi connectivity index (χ0n) is 11.7. The molecule has 104 valence electrons. The molecule has 0 atom stereocenters. The first-order valence-corrected chi connectivity index (χ1v) is 6.89. The number of benzene rings is 1. The van der Waals surface area contributed by atoms with E-state index in [0.717, 1.165) is 31.6 Å². The van der Waals surface area contributed by atoms with Gasteiger partial charge < -0.3 is 9.84 Å². The SMILES string of the molecule is CC(C)(Cc1ccc(C2CCOCC2)cc1)C(=O)O. The van der Waals surface area contributed by atoms with Crippen molar-refractivity contribution in [3.05, 3.63) is 35.4 Å². The molecule has 0 saturated carbocycles. The van der Waals surface area contributed by atoms with Gasteiger partial charge in [-0.05, 0) is 50.2 Å². The molecule has 1 N–H and O–H groups in total. The third-order valence-corrected chi connectivity index (χ3v) is 3.90. The summed E-state index contributed by atoms with van der Waals surface area (Å²) in [5.41, 5.74) is 1.73. The summed E-state index contributed by atoms with van der Waals surface area (Å²) < 4.78 is 5.37. The summed E-state index contributed by atoms with van der Waals surface area (Å²) in [6.45, 7) is 5.22. The fourth-order valence-electron chi connectivity index (χ4n) is 2.52. The van der Waals surface area contributed by atoms with Gasteiger partial charge in [0, 0.05) is 13.2 Å². The summed E-state index contributed by atoms with van der Waals surface area (Å²) in [4.78, 5) is 11.1. The van der Waals surface area contributed by atoms with E-state index < -0.39 is 11.4 Å². The Kier molecular flexibility index (Phi) is 4.25. The van der Waals surface area contributed by atoms with Crippen LogP contribution in [0.25, 0.3) is 0 Å². The second-order valence-electron chi connectivity index (χ2n) is 5.99. The van der Waals surface area contributed by atoms with Crippen LogP contribution in [0.1, 0.15) is 43.7 Å². The third kappa shape index (κ3) is 3.57. The maximum Gasteiger partial charge on any atom is 0.309 e. The lowest BCUT2D eigenvalue weighted by Crippen LogP contribution is -2.26. The van der Waals surface area contributed by atoms with Crippen LogP contribution in [0.15, 0.2) is 24.3 Å². The van der Waals surface area contributed by atoms with Crippen LogP contribution in [0.2, 0.25) is 0 Å². The van der Waals surface area contributed by atoms with Crippen LogP contribution in [0, 0.1) is 5.41 Å². The highest BCUT2D eigenvalue weighted by atomic mass is 16.5. The number of ether oxygens (including phenoxy) is 1. The van der Waals surface area contributed by atoms with Gasteiger partial charge in [0.25, 0.3) is 0 Å². The molecule has 0 amide bonds. The minimum Gasteiger partial charge on any atom is -0.481 e. The molecule has 0 aliphatic carbocycles. The van der Waals surface area contributed by atoms with E-state index in [2.05, 4.69) is 24.3 Å². The van der Waals surface area contributed by atoms with Gasteiger partial charge in [0.15, 0.2) is 0 Å². The van der Waals surface area contributed by atoms with Gasteiger partial charge in [-0.2, -0.15) is 0 Å². The summed E-state index contributed by atoms with van der Waals surface area (Å²) in [5.74, 6) is -0.156. The predicted molar refractivity (Wildman–Crippen MR) is 74.4 cm³/mol. The van der Waals surface area contributed by atoms with E-state index in [9.17, 15) is 4.79 Å². The van der Waals surface area contributed by atoms with Gasteiger partial charge in [0.05, 0.1) is 5.41 Å². The maximum absolute atomic E-state index is 11.1. The Bertz CT molecular complexity index is 428. The normalized spacial score (nSPS) is 17.4. The van der Waals surface area contributed by atoms with Gasteiger partial charge in [0.1, 0.15) is 0 Å². The molecule has 1 aromatic rings. The smallest absolute Gasteiger partial charge is 0.309 e. The van der Waals surface area contributed by atoms with Crippen LogP contribution in [-0.4, -0.2) is 24.3 Å². The van der Waals surface area contributed by atoms with Crippen molar-refractivity contribution in [3.63, 3.8) is 0 Å². The molecule has 0 radical (unpaired) electrons. The minimum atomic E-state index is -0.749. The number of carboxylic acids is 1. The molecule has 1 heterocycles. The van der Waals surface area contributed by atoms with E-state index in [1.807, 2.05) is 0 Å². The van der Waals surface area contributed by atoms with Gasteiger partial charge in [-0.3, -0.25) is 4.79 Å². The summed E-state index contributed by atoms with van der Waals surface area (Å²) >= 11 is 0. The minimum absolute atomic E-state index is 0.566. The van der Waals surface area contributed by atoms with Gasteiger partial charge in [-0.25, -0.2) is 0 Å². The van der Waals surface area contributed by atoms with Crippen LogP contribution in [0.4, 0.5) is 0 Å². The predicted octanol–water partition coefficient (Wildman–Crippen LogP) is 3.23. The van der Waals surface area contributed by atoms with Crippen molar-refractivity contribution in [1.29, 1.82) is 0 Å². The fourth-order valence-corrected chi connectivity index (χ4v) is 2.52. The first-order chi connectivity index (χ1) is 8.99. The van der Waals surface area contributed by atoms with Crippen molar-refractivity contribution >= 4 is 5.97 Å². The van der Waals surface area contributed by atoms with Crippen molar-refractivity contribution in [1.82, 2.24) is 0 Å². The van der Waals surface area contributed by atoms with Gasteiger partial charge in [-0.15, -0.1) is 0 Å². The van der Waals surface area contributed by atoms with Crippen LogP contribution in [0.3, 0.4) is 0 Å². The molecular weight excluding hydrogens is 240 g/mol. The van der Waals surface area contributed by atoms with Gasteiger partial charge in [-0.1, -0.05) is 24.3 Å². The molecule has 1 saturated heterocycles. The molecule has 0 bridgehead atoms. The second kappa shape index (κ2) is 5.74. The number of hydrogen-bond donors (Lipinski definition) is 1. The Morgan fingerprint density at radius 3 is 2.37 bits per heavy atom. The van der Waals surface area contributed by atoms with E-state index in [1.54, 1.807) is 13.8 Å². The van der Waals surface area contributed by atoms with Crippen LogP contribution in [0.5, 0.6) is 0 Å². The molecule has 2 rings (SSSR count). The van der Waals surface area contributed by atoms with Crippen molar-refractivity contribution < 1.29 is 14.6 Å². The highest BCUT2D eigenvalue weighted by molar-refractivity contribution is 5.74. The average Bonchev–Trinajstić information content (AvgIpc) is 2.40. The van der Waals surface area contributed by atoms with E-state index in [0.29, 0.717) is 12.3 Å². The van der Waals surface area contributed by atoms with E-state index >= 15 is 0 Å². The molecular formula is C16H22O3. The topological polar surface area (TPSA) is 46.5 Å². The van der Waals surface area contributed by atoms with Gasteiger partial charge in [0.2, 0.25) is 0 Å². The van der Waals surface area contributed by atoms with E-state index in [4.69, 9.17) is 9.84 Å². The molecule has 3 heteroatoms. The fraction of sp³-hybridized carbons (Fsp3) is 0.562. The van der Waals surface area contributed by atoms with E-state index in [-0.39, 0.29) is 0 Å². The highest BCUT2D eigenvalue weighted by Crippen LogP contribution is 2.28. The van der Waals surface area contributed by atoms with Crippen LogP contribution >= 0.6 is 0 Å². The Hall–Kier alpha value is -1.35. The van der Waals surface area contributed by atoms with Crippen molar-refractivity contribution in [2.75, 3.05) is 13.2 Å². The second-order valence-corrected chi connectivity index (χ2v) is 5.99. The van der Waals surface area contributed by atoms with Crippen molar-refractivity contribution in [3.8, 4) is 0 Å². The van der Waals surface area contributed by atoms with Crippen LogP contribution < -0.4 is 0 Å². The number of rotatable bonds is 4. The molecule has 1 aliphatic heterocycles. The molecule has 1 aliphatic rings. The summed E-state index contributed by atoms with van der Waals surface area (Å²) in [7, 11) is 0.